The van der Waals surface area contributed by atoms with Gasteiger partial charge in [-0.25, -0.2) is 4.39 Å². The molecule has 0 amide bonds. The number of ether oxygens (including phenoxy) is 1. The predicted molar refractivity (Wildman–Crippen MR) is 47.4 cm³/mol. The lowest BCUT2D eigenvalue weighted by Crippen LogP contribution is -2.04. The average Bonchev–Trinajstić information content (AvgIpc) is 2.11. The van der Waals surface area contributed by atoms with Crippen molar-refractivity contribution >= 4 is 0 Å². The minimum atomic E-state index is -0.403. The molecule has 0 atom stereocenters. The molecule has 13 heavy (non-hydrogen) atoms. The van der Waals surface area contributed by atoms with Gasteiger partial charge in [-0.2, -0.15) is 0 Å². The average molecular weight is 185 g/mol. The van der Waals surface area contributed by atoms with Crippen molar-refractivity contribution in [3.8, 4) is 11.5 Å². The van der Waals surface area contributed by atoms with Gasteiger partial charge in [-0.05, 0) is 24.6 Å². The van der Waals surface area contributed by atoms with Crippen LogP contribution in [-0.4, -0.2) is 18.8 Å². The van der Waals surface area contributed by atoms with Crippen molar-refractivity contribution in [2.75, 3.05) is 13.7 Å². The summed E-state index contributed by atoms with van der Waals surface area (Å²) in [5.74, 6) is -0.328. The molecule has 0 spiro atoms. The maximum absolute atomic E-state index is 13.2. The first-order chi connectivity index (χ1) is 6.19. The number of hydrogen-bond acceptors (Lipinski definition) is 3. The highest BCUT2D eigenvalue weighted by molar-refractivity contribution is 5.42. The van der Waals surface area contributed by atoms with Crippen LogP contribution in [0.5, 0.6) is 11.5 Å². The Hall–Kier alpha value is -1.29. The first-order valence-electron chi connectivity index (χ1n) is 3.94. The van der Waals surface area contributed by atoms with Gasteiger partial charge in [-0.15, -0.1) is 0 Å². The topological polar surface area (TPSA) is 55.5 Å². The maximum Gasteiger partial charge on any atom is 0.163 e. The summed E-state index contributed by atoms with van der Waals surface area (Å²) >= 11 is 0. The zero-order valence-electron chi connectivity index (χ0n) is 7.38. The van der Waals surface area contributed by atoms with Crippen LogP contribution in [0.25, 0.3) is 0 Å². The highest BCUT2D eigenvalue weighted by Crippen LogP contribution is 2.28. The van der Waals surface area contributed by atoms with Crippen LogP contribution in [0.4, 0.5) is 4.39 Å². The van der Waals surface area contributed by atoms with E-state index >= 15 is 0 Å². The summed E-state index contributed by atoms with van der Waals surface area (Å²) in [4.78, 5) is 0. The van der Waals surface area contributed by atoms with Crippen molar-refractivity contribution in [2.45, 2.75) is 6.42 Å². The fraction of sp³-hybridized carbons (Fsp3) is 0.333. The molecule has 1 aromatic rings. The molecule has 72 valence electrons. The summed E-state index contributed by atoms with van der Waals surface area (Å²) in [6.07, 6.45) is 0.406. The third-order valence-electron chi connectivity index (χ3n) is 1.76. The fourth-order valence-electron chi connectivity index (χ4n) is 1.10. The van der Waals surface area contributed by atoms with Crippen LogP contribution >= 0.6 is 0 Å². The Morgan fingerprint density at radius 2 is 2.23 bits per heavy atom. The standard InChI is InChI=1S/C9H12FNO2/c1-13-9-5-7(10)6(2-3-11)4-8(9)12/h4-5,12H,2-3,11H2,1H3. The summed E-state index contributed by atoms with van der Waals surface area (Å²) in [6.45, 7) is 0.350. The highest BCUT2D eigenvalue weighted by Gasteiger charge is 2.08. The Balaban J connectivity index is 3.05. The van der Waals surface area contributed by atoms with Crippen LogP contribution in [0.15, 0.2) is 12.1 Å². The first-order valence-corrected chi connectivity index (χ1v) is 3.94. The molecule has 0 radical (unpaired) electrons. The minimum absolute atomic E-state index is 0.0626. The van der Waals surface area contributed by atoms with Crippen LogP contribution in [0.1, 0.15) is 5.56 Å². The van der Waals surface area contributed by atoms with E-state index in [0.29, 0.717) is 18.5 Å². The van der Waals surface area contributed by atoms with E-state index in [0.717, 1.165) is 6.07 Å². The second-order valence-electron chi connectivity index (χ2n) is 2.65. The molecule has 1 rings (SSSR count). The molecule has 0 aliphatic rings. The molecular formula is C9H12FNO2. The molecule has 3 nitrogen and oxygen atoms in total. The number of methoxy groups -OCH3 is 1. The highest BCUT2D eigenvalue weighted by atomic mass is 19.1. The van der Waals surface area contributed by atoms with E-state index in [1.54, 1.807) is 0 Å². The summed E-state index contributed by atoms with van der Waals surface area (Å²) in [7, 11) is 1.37. The van der Waals surface area contributed by atoms with E-state index in [-0.39, 0.29) is 11.5 Å². The van der Waals surface area contributed by atoms with Gasteiger partial charge in [-0.3, -0.25) is 0 Å². The molecule has 0 heterocycles. The quantitative estimate of drug-likeness (QED) is 0.739. The van der Waals surface area contributed by atoms with Crippen molar-refractivity contribution in [1.29, 1.82) is 0 Å². The summed E-state index contributed by atoms with van der Waals surface area (Å²) < 4.78 is 17.9. The molecule has 0 fully saturated rings. The van der Waals surface area contributed by atoms with Crippen LogP contribution < -0.4 is 10.5 Å². The lowest BCUT2D eigenvalue weighted by atomic mass is 10.1. The van der Waals surface area contributed by atoms with Gasteiger partial charge in [0, 0.05) is 6.07 Å². The minimum Gasteiger partial charge on any atom is -0.504 e. The fourth-order valence-corrected chi connectivity index (χ4v) is 1.10. The van der Waals surface area contributed by atoms with Crippen molar-refractivity contribution in [3.63, 3.8) is 0 Å². The Morgan fingerprint density at radius 1 is 1.54 bits per heavy atom. The molecule has 0 aliphatic heterocycles. The molecule has 0 bridgehead atoms. The molecule has 0 saturated heterocycles. The molecule has 4 heteroatoms. The van der Waals surface area contributed by atoms with Crippen LogP contribution in [-0.2, 0) is 6.42 Å². The largest absolute Gasteiger partial charge is 0.504 e. The van der Waals surface area contributed by atoms with E-state index < -0.39 is 5.82 Å². The van der Waals surface area contributed by atoms with Crippen molar-refractivity contribution in [3.05, 3.63) is 23.5 Å². The molecule has 0 aliphatic carbocycles. The van der Waals surface area contributed by atoms with E-state index in [1.165, 1.54) is 13.2 Å². The van der Waals surface area contributed by atoms with Gasteiger partial charge in [0.15, 0.2) is 11.5 Å². The van der Waals surface area contributed by atoms with Crippen LogP contribution in [0.2, 0.25) is 0 Å². The molecular weight excluding hydrogens is 173 g/mol. The van der Waals surface area contributed by atoms with Gasteiger partial charge >= 0.3 is 0 Å². The summed E-state index contributed by atoms with van der Waals surface area (Å²) in [5.41, 5.74) is 5.67. The number of phenols is 1. The van der Waals surface area contributed by atoms with Gasteiger partial charge in [0.1, 0.15) is 5.82 Å². The van der Waals surface area contributed by atoms with E-state index in [4.69, 9.17) is 10.5 Å². The summed E-state index contributed by atoms with van der Waals surface area (Å²) in [5, 5.41) is 9.31. The van der Waals surface area contributed by atoms with Crippen LogP contribution in [0, 0.1) is 5.82 Å². The molecule has 3 N–H and O–H groups in total. The summed E-state index contributed by atoms with van der Waals surface area (Å²) in [6, 6.07) is 2.49. The third-order valence-corrected chi connectivity index (χ3v) is 1.76. The third kappa shape index (κ3) is 2.09. The number of halogens is 1. The number of hydrogen-bond donors (Lipinski definition) is 2. The maximum atomic E-state index is 13.2. The monoisotopic (exact) mass is 185 g/mol. The first kappa shape index (κ1) is 9.80. The number of phenolic OH excluding ortho intramolecular Hbond substituents is 1. The zero-order valence-corrected chi connectivity index (χ0v) is 7.38. The van der Waals surface area contributed by atoms with Gasteiger partial charge in [0.05, 0.1) is 7.11 Å². The second kappa shape index (κ2) is 4.09. The number of benzene rings is 1. The zero-order chi connectivity index (χ0) is 9.84. The lowest BCUT2D eigenvalue weighted by molar-refractivity contribution is 0.369. The molecule has 1 aromatic carbocycles. The van der Waals surface area contributed by atoms with Crippen molar-refractivity contribution in [1.82, 2.24) is 0 Å². The predicted octanol–water partition coefficient (Wildman–Crippen LogP) is 1.04. The van der Waals surface area contributed by atoms with Gasteiger partial charge in [-0.1, -0.05) is 0 Å². The smallest absolute Gasteiger partial charge is 0.163 e. The Kier molecular flexibility index (Phi) is 3.08. The lowest BCUT2D eigenvalue weighted by Gasteiger charge is -2.06. The number of nitrogens with two attached hydrogens (primary N) is 1. The van der Waals surface area contributed by atoms with Gasteiger partial charge in [0.25, 0.3) is 0 Å². The Morgan fingerprint density at radius 3 is 2.77 bits per heavy atom. The Bertz CT molecular complexity index is 302. The number of aromatic hydroxyl groups is 1. The van der Waals surface area contributed by atoms with Gasteiger partial charge < -0.3 is 15.6 Å². The van der Waals surface area contributed by atoms with Crippen LogP contribution in [0.3, 0.4) is 0 Å². The molecule has 0 saturated carbocycles. The molecule has 0 aromatic heterocycles. The normalized spacial score (nSPS) is 10.1. The van der Waals surface area contributed by atoms with E-state index in [2.05, 4.69) is 0 Å². The second-order valence-corrected chi connectivity index (χ2v) is 2.65. The number of rotatable bonds is 3. The van der Waals surface area contributed by atoms with E-state index in [9.17, 15) is 9.50 Å². The molecule has 0 unspecified atom stereocenters. The van der Waals surface area contributed by atoms with Gasteiger partial charge in [0.2, 0.25) is 0 Å². The van der Waals surface area contributed by atoms with Crippen molar-refractivity contribution < 1.29 is 14.2 Å². The van der Waals surface area contributed by atoms with E-state index in [1.807, 2.05) is 0 Å². The Labute approximate surface area is 75.9 Å². The SMILES string of the molecule is COc1cc(F)c(CCN)cc1O. The van der Waals surface area contributed by atoms with Crippen molar-refractivity contribution in [2.24, 2.45) is 5.73 Å².